The van der Waals surface area contributed by atoms with Crippen molar-refractivity contribution < 1.29 is 9.53 Å². The van der Waals surface area contributed by atoms with Crippen LogP contribution < -0.4 is 10.1 Å². The lowest BCUT2D eigenvalue weighted by Gasteiger charge is -2.20. The minimum Gasteiger partial charge on any atom is -0.497 e. The first kappa shape index (κ1) is 19.5. The molecule has 3 rings (SSSR count). The fourth-order valence-corrected chi connectivity index (χ4v) is 2.76. The van der Waals surface area contributed by atoms with Gasteiger partial charge in [0, 0.05) is 30.2 Å². The number of methoxy groups -OCH3 is 1. The smallest absolute Gasteiger partial charge is 0.255 e. The predicted octanol–water partition coefficient (Wildman–Crippen LogP) is 3.70. The summed E-state index contributed by atoms with van der Waals surface area (Å²) in [5.74, 6) is 1.22. The van der Waals surface area contributed by atoms with E-state index in [1.54, 1.807) is 31.9 Å². The molecule has 6 heteroatoms. The van der Waals surface area contributed by atoms with Crippen molar-refractivity contribution in [1.29, 1.82) is 0 Å². The molecule has 0 saturated carbocycles. The molecule has 0 bridgehead atoms. The Bertz CT molecular complexity index is 918. The van der Waals surface area contributed by atoms with Gasteiger partial charge in [-0.15, -0.1) is 0 Å². The summed E-state index contributed by atoms with van der Waals surface area (Å²) in [5.41, 5.74) is 2.12. The molecule has 28 heavy (non-hydrogen) atoms. The second-order valence-corrected chi connectivity index (χ2v) is 7.51. The van der Waals surface area contributed by atoms with E-state index in [0.717, 1.165) is 16.9 Å². The van der Waals surface area contributed by atoms with E-state index in [0.29, 0.717) is 11.4 Å². The molecule has 1 amide bonds. The molecule has 0 aliphatic carbocycles. The lowest BCUT2D eigenvalue weighted by molar-refractivity contribution is 0.0942. The Morgan fingerprint density at radius 2 is 1.54 bits per heavy atom. The molecule has 0 spiro atoms. The summed E-state index contributed by atoms with van der Waals surface area (Å²) in [6.07, 6.45) is 6.56. The molecule has 144 valence electrons. The fraction of sp³-hybridized carbons (Fsp3) is 0.273. The minimum absolute atomic E-state index is 0.169. The number of nitrogens with one attached hydrogen (secondary N) is 1. The summed E-state index contributed by atoms with van der Waals surface area (Å²) >= 11 is 0. The zero-order chi connectivity index (χ0) is 20.1. The third-order valence-electron chi connectivity index (χ3n) is 4.35. The van der Waals surface area contributed by atoms with Crippen LogP contribution >= 0.6 is 0 Å². The number of ether oxygens (including phenoxy) is 1. The average molecular weight is 376 g/mol. The van der Waals surface area contributed by atoms with Crippen molar-refractivity contribution in [3.63, 3.8) is 0 Å². The number of nitrogens with zero attached hydrogens (tertiary/aromatic N) is 3. The molecule has 3 aromatic rings. The van der Waals surface area contributed by atoms with Gasteiger partial charge in [0.15, 0.2) is 0 Å². The molecule has 1 atom stereocenters. The Morgan fingerprint density at radius 1 is 0.964 bits per heavy atom. The van der Waals surface area contributed by atoms with Crippen molar-refractivity contribution in [2.75, 3.05) is 7.11 Å². The van der Waals surface area contributed by atoms with Crippen LogP contribution in [-0.2, 0) is 5.41 Å². The molecule has 0 aliphatic rings. The number of amides is 1. The summed E-state index contributed by atoms with van der Waals surface area (Å²) in [5, 5.41) is 3.07. The Hall–Kier alpha value is -3.28. The lowest BCUT2D eigenvalue weighted by Crippen LogP contribution is -2.30. The first-order valence-electron chi connectivity index (χ1n) is 9.06. The van der Waals surface area contributed by atoms with Gasteiger partial charge in [-0.1, -0.05) is 32.9 Å². The van der Waals surface area contributed by atoms with Crippen LogP contribution in [0.4, 0.5) is 0 Å². The quantitative estimate of drug-likeness (QED) is 0.735. The molecular weight excluding hydrogens is 352 g/mol. The maximum atomic E-state index is 12.9. The van der Waals surface area contributed by atoms with E-state index in [-0.39, 0.29) is 17.4 Å². The number of hydrogen-bond acceptors (Lipinski definition) is 5. The van der Waals surface area contributed by atoms with Crippen LogP contribution in [0, 0.1) is 0 Å². The van der Waals surface area contributed by atoms with Crippen molar-refractivity contribution in [3.05, 3.63) is 83.7 Å². The predicted molar refractivity (Wildman–Crippen MR) is 107 cm³/mol. The van der Waals surface area contributed by atoms with Gasteiger partial charge in [0.05, 0.1) is 18.7 Å². The second-order valence-electron chi connectivity index (χ2n) is 7.51. The van der Waals surface area contributed by atoms with Gasteiger partial charge < -0.3 is 10.1 Å². The van der Waals surface area contributed by atoms with Gasteiger partial charge in [0.25, 0.3) is 5.91 Å². The lowest BCUT2D eigenvalue weighted by atomic mass is 9.96. The van der Waals surface area contributed by atoms with E-state index in [1.165, 1.54) is 0 Å². The third-order valence-corrected chi connectivity index (χ3v) is 4.35. The molecule has 2 heterocycles. The highest BCUT2D eigenvalue weighted by Crippen LogP contribution is 2.24. The Labute approximate surface area is 165 Å². The van der Waals surface area contributed by atoms with Crippen LogP contribution in [0.15, 0.2) is 61.2 Å². The van der Waals surface area contributed by atoms with Crippen molar-refractivity contribution in [1.82, 2.24) is 20.3 Å². The van der Waals surface area contributed by atoms with Gasteiger partial charge in [0.1, 0.15) is 11.6 Å². The summed E-state index contributed by atoms with van der Waals surface area (Å²) in [7, 11) is 1.62. The molecule has 6 nitrogen and oxygen atoms in total. The first-order chi connectivity index (χ1) is 13.4. The van der Waals surface area contributed by atoms with Gasteiger partial charge >= 0.3 is 0 Å². The molecular formula is C22H24N4O2. The van der Waals surface area contributed by atoms with Gasteiger partial charge in [0.2, 0.25) is 0 Å². The number of pyridine rings is 1. The second kappa shape index (κ2) is 8.17. The highest BCUT2D eigenvalue weighted by Gasteiger charge is 2.21. The van der Waals surface area contributed by atoms with Crippen LogP contribution in [0.5, 0.6) is 5.75 Å². The van der Waals surface area contributed by atoms with Gasteiger partial charge in [-0.05, 0) is 35.4 Å². The summed E-state index contributed by atoms with van der Waals surface area (Å²) in [4.78, 5) is 25.6. The highest BCUT2D eigenvalue weighted by atomic mass is 16.5. The van der Waals surface area contributed by atoms with E-state index in [9.17, 15) is 4.79 Å². The molecule has 0 aliphatic heterocycles. The zero-order valence-corrected chi connectivity index (χ0v) is 16.5. The monoisotopic (exact) mass is 376 g/mol. The maximum absolute atomic E-state index is 12.9. The molecule has 1 aromatic carbocycles. The minimum atomic E-state index is -0.330. The van der Waals surface area contributed by atoms with Crippen molar-refractivity contribution >= 4 is 5.91 Å². The SMILES string of the molecule is COc1ccc([C@H](NC(=O)c2cnc(C(C)(C)C)nc2)c2ccncc2)cc1. The highest BCUT2D eigenvalue weighted by molar-refractivity contribution is 5.94. The Balaban J connectivity index is 1.87. The van der Waals surface area contributed by atoms with Gasteiger partial charge in [-0.3, -0.25) is 9.78 Å². The number of aromatic nitrogens is 3. The number of hydrogen-bond donors (Lipinski definition) is 1. The van der Waals surface area contributed by atoms with Crippen LogP contribution in [0.1, 0.15) is 54.1 Å². The summed E-state index contributed by atoms with van der Waals surface area (Å²) < 4.78 is 5.23. The molecule has 0 radical (unpaired) electrons. The van der Waals surface area contributed by atoms with E-state index in [4.69, 9.17) is 4.74 Å². The molecule has 0 saturated heterocycles. The fourth-order valence-electron chi connectivity index (χ4n) is 2.76. The van der Waals surface area contributed by atoms with E-state index < -0.39 is 0 Å². The molecule has 1 N–H and O–H groups in total. The van der Waals surface area contributed by atoms with E-state index in [1.807, 2.05) is 57.2 Å². The van der Waals surface area contributed by atoms with Crippen LogP contribution in [-0.4, -0.2) is 28.0 Å². The maximum Gasteiger partial charge on any atom is 0.255 e. The van der Waals surface area contributed by atoms with E-state index >= 15 is 0 Å². The largest absolute Gasteiger partial charge is 0.497 e. The number of carbonyl (C=O) groups is 1. The zero-order valence-electron chi connectivity index (χ0n) is 16.5. The number of carbonyl (C=O) groups excluding carboxylic acids is 1. The summed E-state index contributed by atoms with van der Waals surface area (Å²) in [6, 6.07) is 11.0. The van der Waals surface area contributed by atoms with Crippen molar-refractivity contribution in [2.24, 2.45) is 0 Å². The normalized spacial score (nSPS) is 12.3. The Morgan fingerprint density at radius 3 is 2.07 bits per heavy atom. The van der Waals surface area contributed by atoms with Gasteiger partial charge in [-0.25, -0.2) is 9.97 Å². The van der Waals surface area contributed by atoms with Crippen LogP contribution in [0.2, 0.25) is 0 Å². The summed E-state index contributed by atoms with van der Waals surface area (Å²) in [6.45, 7) is 6.10. The van der Waals surface area contributed by atoms with Crippen molar-refractivity contribution in [2.45, 2.75) is 32.2 Å². The third kappa shape index (κ3) is 4.52. The standard InChI is InChI=1S/C22H24N4O2/c1-22(2,3)21-24-13-17(14-25-21)20(27)26-19(16-9-11-23-12-10-16)15-5-7-18(28-4)8-6-15/h5-14,19H,1-4H3,(H,26,27)/t19-/m0/s1. The number of benzene rings is 1. The van der Waals surface area contributed by atoms with Crippen molar-refractivity contribution in [3.8, 4) is 5.75 Å². The van der Waals surface area contributed by atoms with Crippen LogP contribution in [0.3, 0.4) is 0 Å². The average Bonchev–Trinajstić information content (AvgIpc) is 2.72. The topological polar surface area (TPSA) is 77.0 Å². The molecule has 0 fully saturated rings. The Kier molecular flexibility index (Phi) is 5.68. The molecule has 2 aromatic heterocycles. The van der Waals surface area contributed by atoms with Crippen LogP contribution in [0.25, 0.3) is 0 Å². The first-order valence-corrected chi connectivity index (χ1v) is 9.06. The van der Waals surface area contributed by atoms with Gasteiger partial charge in [-0.2, -0.15) is 0 Å². The van der Waals surface area contributed by atoms with E-state index in [2.05, 4.69) is 20.3 Å². The number of rotatable bonds is 5. The molecule has 0 unspecified atom stereocenters.